The predicted octanol–water partition coefficient (Wildman–Crippen LogP) is 5.66. The lowest BCUT2D eigenvalue weighted by Gasteiger charge is -2.28. The van der Waals surface area contributed by atoms with Crippen LogP contribution in [0.4, 0.5) is 0 Å². The van der Waals surface area contributed by atoms with Gasteiger partial charge in [-0.15, -0.1) is 0 Å². The van der Waals surface area contributed by atoms with Crippen molar-refractivity contribution in [3.05, 3.63) is 42.0 Å². The number of aliphatic hydroxyl groups is 1. The van der Waals surface area contributed by atoms with Crippen LogP contribution < -0.4 is 4.74 Å². The zero-order valence-electron chi connectivity index (χ0n) is 20.0. The zero-order chi connectivity index (χ0) is 23.2. The highest BCUT2D eigenvalue weighted by Crippen LogP contribution is 2.32. The highest BCUT2D eigenvalue weighted by Gasteiger charge is 2.21. The summed E-state index contributed by atoms with van der Waals surface area (Å²) in [6, 6.07) is 7.96. The minimum Gasteiger partial charge on any atom is -0.493 e. The fourth-order valence-corrected chi connectivity index (χ4v) is 4.38. The molecule has 0 amide bonds. The number of hydrogen-bond donors (Lipinski definition) is 1. The van der Waals surface area contributed by atoms with E-state index in [9.17, 15) is 4.79 Å². The average Bonchev–Trinajstić information content (AvgIpc) is 2.83. The number of esters is 1. The summed E-state index contributed by atoms with van der Waals surface area (Å²) in [7, 11) is 1.62. The Hall–Kier alpha value is -1.85. The van der Waals surface area contributed by atoms with Crippen LogP contribution in [-0.4, -0.2) is 44.6 Å². The van der Waals surface area contributed by atoms with Crippen molar-refractivity contribution < 1.29 is 24.1 Å². The van der Waals surface area contributed by atoms with Gasteiger partial charge in [0.05, 0.1) is 25.4 Å². The van der Waals surface area contributed by atoms with Crippen molar-refractivity contribution >= 4 is 5.97 Å². The van der Waals surface area contributed by atoms with E-state index in [-0.39, 0.29) is 18.1 Å². The number of aliphatic hydroxyl groups excluding tert-OH is 1. The molecule has 1 aromatic rings. The summed E-state index contributed by atoms with van der Waals surface area (Å²) in [6.45, 7) is 6.75. The van der Waals surface area contributed by atoms with Gasteiger partial charge in [-0.05, 0) is 42.4 Å². The molecule has 5 heteroatoms. The Balaban J connectivity index is 1.74. The molecule has 32 heavy (non-hydrogen) atoms. The fourth-order valence-electron chi connectivity index (χ4n) is 4.38. The van der Waals surface area contributed by atoms with E-state index in [0.717, 1.165) is 23.8 Å². The third-order valence-electron chi connectivity index (χ3n) is 6.53. The second-order valence-electron chi connectivity index (χ2n) is 9.13. The van der Waals surface area contributed by atoms with E-state index in [0.29, 0.717) is 12.5 Å². The van der Waals surface area contributed by atoms with Crippen molar-refractivity contribution in [1.29, 1.82) is 0 Å². The lowest BCUT2D eigenvalue weighted by Crippen LogP contribution is -2.20. The molecule has 1 aliphatic rings. The summed E-state index contributed by atoms with van der Waals surface area (Å²) in [4.78, 5) is 11.8. The third kappa shape index (κ3) is 9.33. The molecular weight excluding hydrogens is 404 g/mol. The van der Waals surface area contributed by atoms with E-state index >= 15 is 0 Å². The lowest BCUT2D eigenvalue weighted by molar-refractivity contribution is -0.140. The molecule has 1 atom stereocenters. The molecule has 0 bridgehead atoms. The Bertz CT molecular complexity index is 661. The van der Waals surface area contributed by atoms with Gasteiger partial charge in [-0.3, -0.25) is 0 Å². The summed E-state index contributed by atoms with van der Waals surface area (Å²) < 4.78 is 16.6. The van der Waals surface area contributed by atoms with Gasteiger partial charge in [0.1, 0.15) is 12.4 Å². The van der Waals surface area contributed by atoms with E-state index in [1.54, 1.807) is 7.11 Å². The summed E-state index contributed by atoms with van der Waals surface area (Å²) in [6.07, 6.45) is 12.1. The van der Waals surface area contributed by atoms with Crippen LogP contribution >= 0.6 is 0 Å². The zero-order valence-corrected chi connectivity index (χ0v) is 20.0. The molecule has 1 unspecified atom stereocenters. The lowest BCUT2D eigenvalue weighted by atomic mass is 9.80. The molecule has 0 saturated heterocycles. The minimum absolute atomic E-state index is 0.0513. The number of unbranched alkanes of at least 4 members (excludes halogenated alkanes) is 3. The second-order valence-corrected chi connectivity index (χ2v) is 9.13. The van der Waals surface area contributed by atoms with E-state index in [1.165, 1.54) is 57.8 Å². The van der Waals surface area contributed by atoms with Crippen molar-refractivity contribution in [2.45, 2.75) is 70.6 Å². The standard InChI is InChI=1S/C27H42O5/c1-4-5-6-7-8-22-9-11-23(12-10-22)18-31-26-15-13-24(14-16-26)25(19-30-3)20-32-27(29)21(2)17-28/h13-16,22-23,25,28H,2,4-12,17-20H2,1,3H3. The molecular formula is C27H42O5. The van der Waals surface area contributed by atoms with Gasteiger partial charge in [0.25, 0.3) is 0 Å². The first-order chi connectivity index (χ1) is 15.6. The SMILES string of the molecule is C=C(CO)C(=O)OCC(COC)c1ccc(OCC2CCC(CCCCCC)CC2)cc1. The Morgan fingerprint density at radius 2 is 1.75 bits per heavy atom. The van der Waals surface area contributed by atoms with E-state index in [2.05, 4.69) is 13.5 Å². The smallest absolute Gasteiger partial charge is 0.335 e. The minimum atomic E-state index is -0.579. The molecule has 0 aliphatic heterocycles. The molecule has 0 radical (unpaired) electrons. The normalized spacial score (nSPS) is 19.3. The van der Waals surface area contributed by atoms with E-state index in [1.807, 2.05) is 24.3 Å². The summed E-state index contributed by atoms with van der Waals surface area (Å²) in [5.74, 6) is 1.78. The van der Waals surface area contributed by atoms with Gasteiger partial charge in [-0.25, -0.2) is 4.79 Å². The second kappa shape index (κ2) is 15.1. The van der Waals surface area contributed by atoms with E-state index in [4.69, 9.17) is 19.3 Å². The van der Waals surface area contributed by atoms with Gasteiger partial charge in [0.15, 0.2) is 0 Å². The van der Waals surface area contributed by atoms with Crippen LogP contribution in [0.2, 0.25) is 0 Å². The number of benzene rings is 1. The summed E-state index contributed by atoms with van der Waals surface area (Å²) >= 11 is 0. The molecule has 1 saturated carbocycles. The average molecular weight is 447 g/mol. The summed E-state index contributed by atoms with van der Waals surface area (Å²) in [5, 5.41) is 8.99. The van der Waals surface area contributed by atoms with Crippen molar-refractivity contribution in [2.75, 3.05) is 33.5 Å². The Kier molecular flexibility index (Phi) is 12.4. The van der Waals surface area contributed by atoms with Crippen LogP contribution in [0.25, 0.3) is 0 Å². The first-order valence-electron chi connectivity index (χ1n) is 12.2. The number of hydrogen-bond acceptors (Lipinski definition) is 5. The van der Waals surface area contributed by atoms with E-state index < -0.39 is 12.6 Å². The summed E-state index contributed by atoms with van der Waals surface area (Å²) in [5.41, 5.74) is 1.07. The first-order valence-corrected chi connectivity index (χ1v) is 12.2. The molecule has 0 heterocycles. The van der Waals surface area contributed by atoms with Gasteiger partial charge in [-0.2, -0.15) is 0 Å². The van der Waals surface area contributed by atoms with Gasteiger partial charge in [0, 0.05) is 13.0 Å². The molecule has 5 nitrogen and oxygen atoms in total. The Labute approximate surface area is 194 Å². The molecule has 1 fully saturated rings. The van der Waals surface area contributed by atoms with Crippen molar-refractivity contribution in [3.8, 4) is 5.75 Å². The topological polar surface area (TPSA) is 65.0 Å². The van der Waals surface area contributed by atoms with Crippen LogP contribution in [-0.2, 0) is 14.3 Å². The van der Waals surface area contributed by atoms with Gasteiger partial charge < -0.3 is 19.3 Å². The fraction of sp³-hybridized carbons (Fsp3) is 0.667. The van der Waals surface area contributed by atoms with Crippen molar-refractivity contribution in [3.63, 3.8) is 0 Å². The van der Waals surface area contributed by atoms with Crippen LogP contribution in [0, 0.1) is 11.8 Å². The first kappa shape index (κ1) is 26.4. The molecule has 0 spiro atoms. The third-order valence-corrected chi connectivity index (χ3v) is 6.53. The van der Waals surface area contributed by atoms with Crippen molar-refractivity contribution in [2.24, 2.45) is 11.8 Å². The van der Waals surface area contributed by atoms with Crippen LogP contribution in [0.1, 0.15) is 76.2 Å². The molecule has 1 N–H and O–H groups in total. The number of carbonyl (C=O) groups excluding carboxylic acids is 1. The number of carbonyl (C=O) groups is 1. The van der Waals surface area contributed by atoms with Crippen molar-refractivity contribution in [1.82, 2.24) is 0 Å². The highest BCUT2D eigenvalue weighted by molar-refractivity contribution is 5.87. The molecule has 1 aromatic carbocycles. The predicted molar refractivity (Wildman–Crippen MR) is 128 cm³/mol. The molecule has 1 aliphatic carbocycles. The number of methoxy groups -OCH3 is 1. The van der Waals surface area contributed by atoms with Crippen LogP contribution in [0.3, 0.4) is 0 Å². The van der Waals surface area contributed by atoms with Gasteiger partial charge >= 0.3 is 5.97 Å². The van der Waals surface area contributed by atoms with Crippen LogP contribution in [0.5, 0.6) is 5.75 Å². The van der Waals surface area contributed by atoms with Gasteiger partial charge in [0.2, 0.25) is 0 Å². The maximum atomic E-state index is 11.8. The maximum absolute atomic E-state index is 11.8. The monoisotopic (exact) mass is 446 g/mol. The largest absolute Gasteiger partial charge is 0.493 e. The Morgan fingerprint density at radius 1 is 1.06 bits per heavy atom. The Morgan fingerprint density at radius 3 is 2.38 bits per heavy atom. The molecule has 2 rings (SSSR count). The number of ether oxygens (including phenoxy) is 3. The molecule has 0 aromatic heterocycles. The van der Waals surface area contributed by atoms with Gasteiger partial charge in [-0.1, -0.05) is 70.6 Å². The number of rotatable bonds is 15. The highest BCUT2D eigenvalue weighted by atomic mass is 16.5. The quantitative estimate of drug-likeness (QED) is 0.214. The maximum Gasteiger partial charge on any atom is 0.335 e. The molecule has 180 valence electrons. The van der Waals surface area contributed by atoms with Crippen LogP contribution in [0.15, 0.2) is 36.4 Å².